The van der Waals surface area contributed by atoms with E-state index < -0.39 is 0 Å². The van der Waals surface area contributed by atoms with Crippen molar-refractivity contribution in [3.05, 3.63) is 41.1 Å². The number of nitrogens with zero attached hydrogens (tertiary/aromatic N) is 3. The maximum atomic E-state index is 13.1. The van der Waals surface area contributed by atoms with Crippen LogP contribution < -0.4 is 0 Å². The van der Waals surface area contributed by atoms with Crippen molar-refractivity contribution in [2.45, 2.75) is 57.0 Å². The summed E-state index contributed by atoms with van der Waals surface area (Å²) in [5.41, 5.74) is 0. The van der Waals surface area contributed by atoms with Crippen LogP contribution in [0.3, 0.4) is 0 Å². The van der Waals surface area contributed by atoms with E-state index in [1.807, 2.05) is 11.6 Å². The highest BCUT2D eigenvalue weighted by atomic mass is 32.1. The third kappa shape index (κ3) is 3.14. The van der Waals surface area contributed by atoms with Crippen LogP contribution in [0, 0.1) is 5.92 Å². The number of thiazole rings is 1. The van der Waals surface area contributed by atoms with Gasteiger partial charge in [-0.25, -0.2) is 4.98 Å². The van der Waals surface area contributed by atoms with Crippen LogP contribution in [0.5, 0.6) is 0 Å². The summed E-state index contributed by atoms with van der Waals surface area (Å²) in [4.78, 5) is 19.8. The van der Waals surface area contributed by atoms with Gasteiger partial charge in [-0.3, -0.25) is 4.79 Å². The number of piperidine rings is 1. The Bertz CT molecular complexity index is 644. The van der Waals surface area contributed by atoms with E-state index in [0.717, 1.165) is 50.1 Å². The minimum Gasteiger partial charge on any atom is -0.351 e. The van der Waals surface area contributed by atoms with E-state index in [1.54, 1.807) is 11.3 Å². The highest BCUT2D eigenvalue weighted by Crippen LogP contribution is 2.37. The van der Waals surface area contributed by atoms with Gasteiger partial charge in [0.15, 0.2) is 0 Å². The molecule has 3 heterocycles. The first-order chi connectivity index (χ1) is 11.8. The van der Waals surface area contributed by atoms with Gasteiger partial charge in [0.2, 0.25) is 5.91 Å². The SMILES string of the molecule is O=C(C1CCC(n2cccc2)CC1)N1CCCC[C@@H]1c1nccs1. The van der Waals surface area contributed by atoms with Crippen LogP contribution in [0.15, 0.2) is 36.1 Å². The van der Waals surface area contributed by atoms with Crippen LogP contribution >= 0.6 is 11.3 Å². The molecule has 2 aliphatic rings. The molecule has 1 aliphatic carbocycles. The Kier molecular flexibility index (Phi) is 4.69. The molecule has 5 heteroatoms. The maximum absolute atomic E-state index is 13.1. The monoisotopic (exact) mass is 343 g/mol. The van der Waals surface area contributed by atoms with Gasteiger partial charge in [-0.2, -0.15) is 0 Å². The quantitative estimate of drug-likeness (QED) is 0.827. The summed E-state index contributed by atoms with van der Waals surface area (Å²) >= 11 is 1.69. The molecule has 0 N–H and O–H groups in total. The molecule has 2 aromatic heterocycles. The molecule has 1 atom stereocenters. The third-order valence-electron chi connectivity index (χ3n) is 5.62. The number of carbonyl (C=O) groups is 1. The summed E-state index contributed by atoms with van der Waals surface area (Å²) in [5, 5.41) is 3.14. The molecule has 24 heavy (non-hydrogen) atoms. The molecule has 2 aromatic rings. The molecule has 1 aliphatic heterocycles. The number of aromatic nitrogens is 2. The van der Waals surface area contributed by atoms with Crippen molar-refractivity contribution in [3.8, 4) is 0 Å². The summed E-state index contributed by atoms with van der Waals surface area (Å²) in [6, 6.07) is 4.96. The van der Waals surface area contributed by atoms with Gasteiger partial charge in [-0.1, -0.05) is 0 Å². The summed E-state index contributed by atoms with van der Waals surface area (Å²) in [7, 11) is 0. The fourth-order valence-corrected chi connectivity index (χ4v) is 5.08. The normalized spacial score (nSPS) is 28.0. The first-order valence-electron chi connectivity index (χ1n) is 9.15. The second kappa shape index (κ2) is 7.09. The second-order valence-corrected chi connectivity index (χ2v) is 7.98. The molecular weight excluding hydrogens is 318 g/mol. The molecule has 0 radical (unpaired) electrons. The molecule has 4 rings (SSSR count). The van der Waals surface area contributed by atoms with Gasteiger partial charge < -0.3 is 9.47 Å². The molecule has 0 spiro atoms. The van der Waals surface area contributed by atoms with Gasteiger partial charge in [0.25, 0.3) is 0 Å². The van der Waals surface area contributed by atoms with Crippen molar-refractivity contribution in [1.82, 2.24) is 14.5 Å². The van der Waals surface area contributed by atoms with E-state index in [2.05, 4.69) is 39.0 Å². The number of rotatable bonds is 3. The Morgan fingerprint density at radius 3 is 2.58 bits per heavy atom. The predicted molar refractivity (Wildman–Crippen MR) is 95.8 cm³/mol. The van der Waals surface area contributed by atoms with E-state index in [0.29, 0.717) is 11.9 Å². The molecule has 0 bridgehead atoms. The number of likely N-dealkylation sites (tertiary alicyclic amines) is 1. The Morgan fingerprint density at radius 1 is 1.08 bits per heavy atom. The Balaban J connectivity index is 1.41. The van der Waals surface area contributed by atoms with Crippen molar-refractivity contribution < 1.29 is 4.79 Å². The number of carbonyl (C=O) groups excluding carboxylic acids is 1. The van der Waals surface area contributed by atoms with Gasteiger partial charge in [0.05, 0.1) is 6.04 Å². The van der Waals surface area contributed by atoms with Crippen LogP contribution in [-0.4, -0.2) is 26.9 Å². The average Bonchev–Trinajstić information content (AvgIpc) is 3.35. The van der Waals surface area contributed by atoms with E-state index >= 15 is 0 Å². The number of hydrogen-bond donors (Lipinski definition) is 0. The second-order valence-electron chi connectivity index (χ2n) is 7.05. The first kappa shape index (κ1) is 15.9. The minimum atomic E-state index is 0.206. The molecule has 2 fully saturated rings. The molecule has 1 amide bonds. The lowest BCUT2D eigenvalue weighted by atomic mass is 9.84. The van der Waals surface area contributed by atoms with Crippen molar-refractivity contribution in [3.63, 3.8) is 0 Å². The minimum absolute atomic E-state index is 0.206. The first-order valence-corrected chi connectivity index (χ1v) is 10.0. The zero-order chi connectivity index (χ0) is 16.4. The van der Waals surface area contributed by atoms with E-state index in [9.17, 15) is 4.79 Å². The smallest absolute Gasteiger partial charge is 0.226 e. The molecule has 0 unspecified atom stereocenters. The summed E-state index contributed by atoms with van der Waals surface area (Å²) in [5.74, 6) is 0.582. The number of hydrogen-bond acceptors (Lipinski definition) is 3. The van der Waals surface area contributed by atoms with Crippen LogP contribution in [0.4, 0.5) is 0 Å². The summed E-state index contributed by atoms with van der Waals surface area (Å²) < 4.78 is 2.31. The van der Waals surface area contributed by atoms with Crippen LogP contribution in [-0.2, 0) is 4.79 Å². The predicted octanol–water partition coefficient (Wildman–Crippen LogP) is 4.43. The van der Waals surface area contributed by atoms with E-state index in [-0.39, 0.29) is 12.0 Å². The molecule has 0 aromatic carbocycles. The van der Waals surface area contributed by atoms with Crippen molar-refractivity contribution in [2.75, 3.05) is 6.54 Å². The molecule has 4 nitrogen and oxygen atoms in total. The molecular formula is C19H25N3OS. The fourth-order valence-electron chi connectivity index (χ4n) is 4.30. The van der Waals surface area contributed by atoms with Crippen LogP contribution in [0.1, 0.15) is 62.0 Å². The van der Waals surface area contributed by atoms with Gasteiger partial charge in [0.1, 0.15) is 5.01 Å². The number of amides is 1. The van der Waals surface area contributed by atoms with Gasteiger partial charge in [-0.05, 0) is 57.1 Å². The molecule has 1 saturated heterocycles. The standard InChI is InChI=1S/C19H25N3OS/c23-19(15-6-8-16(9-7-15)21-11-3-4-12-21)22-13-2-1-5-17(22)18-20-10-14-24-18/h3-4,10-12,14-17H,1-2,5-9,13H2/t15?,16?,17-/m1/s1. The topological polar surface area (TPSA) is 38.1 Å². The van der Waals surface area contributed by atoms with E-state index in [4.69, 9.17) is 0 Å². The Hall–Kier alpha value is -1.62. The highest BCUT2D eigenvalue weighted by Gasteiger charge is 2.35. The largest absolute Gasteiger partial charge is 0.351 e. The fraction of sp³-hybridized carbons (Fsp3) is 0.579. The lowest BCUT2D eigenvalue weighted by molar-refractivity contribution is -0.140. The zero-order valence-corrected chi connectivity index (χ0v) is 14.8. The lowest BCUT2D eigenvalue weighted by Gasteiger charge is -2.38. The Labute approximate surface area is 147 Å². The Morgan fingerprint density at radius 2 is 1.88 bits per heavy atom. The van der Waals surface area contributed by atoms with Crippen LogP contribution in [0.2, 0.25) is 0 Å². The van der Waals surface area contributed by atoms with Crippen molar-refractivity contribution >= 4 is 17.2 Å². The summed E-state index contributed by atoms with van der Waals surface area (Å²) in [6.07, 6.45) is 13.8. The molecule has 128 valence electrons. The van der Waals surface area contributed by atoms with Crippen LogP contribution in [0.25, 0.3) is 0 Å². The maximum Gasteiger partial charge on any atom is 0.226 e. The van der Waals surface area contributed by atoms with Gasteiger partial charge in [0, 0.05) is 42.5 Å². The van der Waals surface area contributed by atoms with Crippen molar-refractivity contribution in [1.29, 1.82) is 0 Å². The van der Waals surface area contributed by atoms with Crippen molar-refractivity contribution in [2.24, 2.45) is 5.92 Å². The lowest BCUT2D eigenvalue weighted by Crippen LogP contribution is -2.42. The van der Waals surface area contributed by atoms with E-state index in [1.165, 1.54) is 6.42 Å². The van der Waals surface area contributed by atoms with Gasteiger partial charge in [-0.15, -0.1) is 11.3 Å². The van der Waals surface area contributed by atoms with Gasteiger partial charge >= 0.3 is 0 Å². The average molecular weight is 343 g/mol. The third-order valence-corrected chi connectivity index (χ3v) is 6.49. The zero-order valence-electron chi connectivity index (χ0n) is 14.0. The highest BCUT2D eigenvalue weighted by molar-refractivity contribution is 7.09. The molecule has 1 saturated carbocycles. The summed E-state index contributed by atoms with van der Waals surface area (Å²) in [6.45, 7) is 0.903.